The fourth-order valence-electron chi connectivity index (χ4n) is 3.86. The Bertz CT molecular complexity index is 545. The molecular weight excluding hydrogens is 320 g/mol. The van der Waals surface area contributed by atoms with Crippen LogP contribution in [0.4, 0.5) is 0 Å². The monoisotopic (exact) mass is 356 g/mol. The van der Waals surface area contributed by atoms with Crippen LogP contribution in [0, 0.1) is 5.92 Å². The van der Waals surface area contributed by atoms with Gasteiger partial charge in [-0.1, -0.05) is 43.2 Å². The van der Waals surface area contributed by atoms with E-state index >= 15 is 0 Å². The zero-order chi connectivity index (χ0) is 18.2. The maximum atomic E-state index is 4.79. The van der Waals surface area contributed by atoms with Crippen LogP contribution in [0.5, 0.6) is 0 Å². The third-order valence-electron chi connectivity index (χ3n) is 5.78. The van der Waals surface area contributed by atoms with Crippen molar-refractivity contribution in [2.45, 2.75) is 64.5 Å². The summed E-state index contributed by atoms with van der Waals surface area (Å²) in [5.74, 6) is 2.02. The quantitative estimate of drug-likeness (QED) is 0.421. The van der Waals surface area contributed by atoms with Gasteiger partial charge in [-0.2, -0.15) is 0 Å². The van der Waals surface area contributed by atoms with Crippen LogP contribution in [0.15, 0.2) is 35.3 Å². The van der Waals surface area contributed by atoms with E-state index in [-0.39, 0.29) is 0 Å². The number of nitrogens with zero attached hydrogens (tertiary/aromatic N) is 2. The lowest BCUT2D eigenvalue weighted by molar-refractivity contribution is 0.158. The molecule has 2 fully saturated rings. The van der Waals surface area contributed by atoms with Crippen LogP contribution in [-0.4, -0.2) is 43.1 Å². The number of hydrogen-bond acceptors (Lipinski definition) is 2. The minimum Gasteiger partial charge on any atom is -0.357 e. The molecule has 3 rings (SSSR count). The van der Waals surface area contributed by atoms with Gasteiger partial charge in [0.15, 0.2) is 5.96 Å². The van der Waals surface area contributed by atoms with E-state index in [4.69, 9.17) is 4.99 Å². The van der Waals surface area contributed by atoms with Gasteiger partial charge < -0.3 is 10.6 Å². The third-order valence-corrected chi connectivity index (χ3v) is 5.78. The van der Waals surface area contributed by atoms with Gasteiger partial charge in [-0.05, 0) is 51.0 Å². The van der Waals surface area contributed by atoms with E-state index in [1.807, 2.05) is 0 Å². The molecule has 4 heteroatoms. The second-order valence-corrected chi connectivity index (χ2v) is 7.89. The van der Waals surface area contributed by atoms with Crippen LogP contribution >= 0.6 is 0 Å². The fourth-order valence-corrected chi connectivity index (χ4v) is 3.86. The molecule has 1 aromatic rings. The molecule has 0 spiro atoms. The van der Waals surface area contributed by atoms with Gasteiger partial charge in [-0.3, -0.25) is 9.89 Å². The lowest BCUT2D eigenvalue weighted by Crippen LogP contribution is -2.49. The Kier molecular flexibility index (Phi) is 7.36. The number of piperidine rings is 1. The van der Waals surface area contributed by atoms with Crippen LogP contribution in [0.3, 0.4) is 0 Å². The molecule has 1 saturated heterocycles. The number of likely N-dealkylation sites (tertiary alicyclic amines) is 1. The van der Waals surface area contributed by atoms with Crippen LogP contribution in [0.2, 0.25) is 0 Å². The van der Waals surface area contributed by atoms with Crippen molar-refractivity contribution < 1.29 is 0 Å². The zero-order valence-corrected chi connectivity index (χ0v) is 16.6. The Morgan fingerprint density at radius 2 is 1.88 bits per heavy atom. The van der Waals surface area contributed by atoms with Crippen molar-refractivity contribution in [3.05, 3.63) is 35.9 Å². The summed E-state index contributed by atoms with van der Waals surface area (Å²) in [6, 6.07) is 11.9. The third kappa shape index (κ3) is 6.01. The second kappa shape index (κ2) is 9.96. The highest BCUT2D eigenvalue weighted by Crippen LogP contribution is 2.33. The highest BCUT2D eigenvalue weighted by atomic mass is 15.2. The molecule has 1 aromatic carbocycles. The van der Waals surface area contributed by atoms with Gasteiger partial charge in [0.25, 0.3) is 0 Å². The highest BCUT2D eigenvalue weighted by Gasteiger charge is 2.24. The molecule has 1 aliphatic heterocycles. The summed E-state index contributed by atoms with van der Waals surface area (Å²) in [4.78, 5) is 7.39. The van der Waals surface area contributed by atoms with Gasteiger partial charge in [-0.15, -0.1) is 0 Å². The van der Waals surface area contributed by atoms with Gasteiger partial charge in [0.2, 0.25) is 0 Å². The molecule has 26 heavy (non-hydrogen) atoms. The van der Waals surface area contributed by atoms with Gasteiger partial charge in [0, 0.05) is 38.3 Å². The van der Waals surface area contributed by atoms with Crippen LogP contribution in [0.1, 0.15) is 64.0 Å². The summed E-state index contributed by atoms with van der Waals surface area (Å²) in [6.07, 6.45) is 7.85. The first-order valence-electron chi connectivity index (χ1n) is 10.6. The highest BCUT2D eigenvalue weighted by molar-refractivity contribution is 5.80. The number of hydrogen-bond donors (Lipinski definition) is 2. The van der Waals surface area contributed by atoms with E-state index in [9.17, 15) is 0 Å². The molecule has 0 aromatic heterocycles. The molecule has 1 saturated carbocycles. The van der Waals surface area contributed by atoms with Crippen molar-refractivity contribution in [1.82, 2.24) is 15.5 Å². The van der Waals surface area contributed by atoms with E-state index in [0.717, 1.165) is 38.1 Å². The summed E-state index contributed by atoms with van der Waals surface area (Å²) in [6.45, 7) is 8.65. The Hall–Kier alpha value is -1.55. The van der Waals surface area contributed by atoms with E-state index < -0.39 is 0 Å². The van der Waals surface area contributed by atoms with Gasteiger partial charge in [0.1, 0.15) is 0 Å². The molecule has 0 radical (unpaired) electrons. The number of guanidine groups is 1. The number of nitrogens with one attached hydrogen (secondary N) is 2. The Morgan fingerprint density at radius 3 is 2.54 bits per heavy atom. The number of benzene rings is 1. The predicted molar refractivity (Wildman–Crippen MR) is 111 cm³/mol. The molecule has 0 bridgehead atoms. The molecular formula is C22H36N4. The largest absolute Gasteiger partial charge is 0.357 e. The van der Waals surface area contributed by atoms with Crippen LogP contribution in [0.25, 0.3) is 0 Å². The SMILES string of the molecule is CCNC(=NCCCC1CC1)NC1CCN(C(C)c2ccccc2)CC1. The first-order chi connectivity index (χ1) is 12.8. The molecule has 1 unspecified atom stereocenters. The van der Waals surface area contributed by atoms with E-state index in [0.29, 0.717) is 12.1 Å². The molecule has 144 valence electrons. The lowest BCUT2D eigenvalue weighted by atomic mass is 10.0. The van der Waals surface area contributed by atoms with Gasteiger partial charge in [0.05, 0.1) is 0 Å². The van der Waals surface area contributed by atoms with Gasteiger partial charge >= 0.3 is 0 Å². The van der Waals surface area contributed by atoms with Crippen molar-refractivity contribution in [1.29, 1.82) is 0 Å². The molecule has 0 amide bonds. The average molecular weight is 357 g/mol. The maximum Gasteiger partial charge on any atom is 0.191 e. The average Bonchev–Trinajstić information content (AvgIpc) is 3.50. The summed E-state index contributed by atoms with van der Waals surface area (Å²) in [5, 5.41) is 7.09. The van der Waals surface area contributed by atoms with Crippen LogP contribution in [-0.2, 0) is 0 Å². The first kappa shape index (κ1) is 19.2. The Morgan fingerprint density at radius 1 is 1.15 bits per heavy atom. The molecule has 1 aliphatic carbocycles. The summed E-state index contributed by atoms with van der Waals surface area (Å²) < 4.78 is 0. The predicted octanol–water partition coefficient (Wildman–Crippen LogP) is 3.96. The molecule has 2 aliphatic rings. The summed E-state index contributed by atoms with van der Waals surface area (Å²) >= 11 is 0. The zero-order valence-electron chi connectivity index (χ0n) is 16.6. The first-order valence-corrected chi connectivity index (χ1v) is 10.6. The van der Waals surface area contributed by atoms with Crippen molar-refractivity contribution in [2.24, 2.45) is 10.9 Å². The van der Waals surface area contributed by atoms with E-state index in [1.54, 1.807) is 0 Å². The topological polar surface area (TPSA) is 39.7 Å². The number of aliphatic imine (C=N–C) groups is 1. The Labute approximate surface area is 159 Å². The smallest absolute Gasteiger partial charge is 0.191 e. The number of rotatable bonds is 8. The van der Waals surface area contributed by atoms with Crippen LogP contribution < -0.4 is 10.6 Å². The minimum absolute atomic E-state index is 0.501. The van der Waals surface area contributed by atoms with Gasteiger partial charge in [-0.25, -0.2) is 0 Å². The minimum atomic E-state index is 0.501. The second-order valence-electron chi connectivity index (χ2n) is 7.89. The summed E-state index contributed by atoms with van der Waals surface area (Å²) in [5.41, 5.74) is 1.42. The summed E-state index contributed by atoms with van der Waals surface area (Å²) in [7, 11) is 0. The van der Waals surface area contributed by atoms with Crippen molar-refractivity contribution in [3.63, 3.8) is 0 Å². The normalized spacial score (nSPS) is 20.8. The van der Waals surface area contributed by atoms with Crippen molar-refractivity contribution in [2.75, 3.05) is 26.2 Å². The van der Waals surface area contributed by atoms with Crippen molar-refractivity contribution in [3.8, 4) is 0 Å². The molecule has 1 heterocycles. The Balaban J connectivity index is 1.42. The van der Waals surface area contributed by atoms with E-state index in [2.05, 4.69) is 59.7 Å². The van der Waals surface area contributed by atoms with Crippen molar-refractivity contribution >= 4 is 5.96 Å². The molecule has 2 N–H and O–H groups in total. The maximum absolute atomic E-state index is 4.79. The standard InChI is InChI=1S/C22H36N4/c1-3-23-22(24-15-7-8-19-11-12-19)25-21-13-16-26(17-14-21)18(2)20-9-5-4-6-10-20/h4-6,9-10,18-19,21H,3,7-8,11-17H2,1-2H3,(H2,23,24,25). The molecule has 4 nitrogen and oxygen atoms in total. The fraction of sp³-hybridized carbons (Fsp3) is 0.682. The lowest BCUT2D eigenvalue weighted by Gasteiger charge is -2.37. The molecule has 1 atom stereocenters. The van der Waals surface area contributed by atoms with E-state index in [1.165, 1.54) is 44.1 Å².